The quantitative estimate of drug-likeness (QED) is 0.822. The van der Waals surface area contributed by atoms with Gasteiger partial charge < -0.3 is 0 Å². The predicted molar refractivity (Wildman–Crippen MR) is 55.5 cm³/mol. The number of nitrogens with one attached hydrogen (secondary N) is 1. The number of rotatable bonds is 3. The van der Waals surface area contributed by atoms with Gasteiger partial charge in [-0.2, -0.15) is 0 Å². The molecule has 0 spiro atoms. The van der Waals surface area contributed by atoms with Crippen LogP contribution in [0.2, 0.25) is 0 Å². The van der Waals surface area contributed by atoms with Gasteiger partial charge in [0.25, 0.3) is 5.91 Å². The molecular weight excluding hydrogens is 249 g/mol. The average molecular weight is 259 g/mol. The van der Waals surface area contributed by atoms with Crippen molar-refractivity contribution < 1.29 is 9.18 Å². The molecule has 1 aromatic rings. The number of amides is 1. The molecular formula is C10H10BrFNO. The van der Waals surface area contributed by atoms with E-state index in [2.05, 4.69) is 15.9 Å². The van der Waals surface area contributed by atoms with E-state index in [9.17, 15) is 9.18 Å². The molecule has 2 nitrogen and oxygen atoms in total. The van der Waals surface area contributed by atoms with E-state index < -0.39 is 11.7 Å². The maximum atomic E-state index is 13.3. The van der Waals surface area contributed by atoms with E-state index in [0.29, 0.717) is 0 Å². The van der Waals surface area contributed by atoms with Crippen LogP contribution >= 0.6 is 15.9 Å². The van der Waals surface area contributed by atoms with Crippen LogP contribution in [0.4, 0.5) is 4.39 Å². The number of carbonyl (C=O) groups excluding carboxylic acids is 1. The number of carbonyl (C=O) groups is 1. The van der Waals surface area contributed by atoms with Gasteiger partial charge in [0.05, 0.1) is 10.0 Å². The van der Waals surface area contributed by atoms with Gasteiger partial charge in [0.2, 0.25) is 0 Å². The second-order valence-electron chi connectivity index (χ2n) is 3.02. The molecule has 0 saturated heterocycles. The SMILES string of the molecule is CCCc1cc(Br)c(F)c(C([NH])=O)c1. The standard InChI is InChI=1S/C10H10BrFNO/c1-2-3-6-4-7(10(13)14)9(12)8(11)5-6/h4-5,13H,2-3H2,1H3. The molecule has 0 heterocycles. The molecule has 0 aliphatic carbocycles. The fourth-order valence-corrected chi connectivity index (χ4v) is 1.75. The Balaban J connectivity index is 3.21. The van der Waals surface area contributed by atoms with E-state index in [1.807, 2.05) is 6.92 Å². The van der Waals surface area contributed by atoms with Gasteiger partial charge in [-0.15, -0.1) is 0 Å². The Kier molecular flexibility index (Phi) is 3.63. The molecule has 4 heteroatoms. The summed E-state index contributed by atoms with van der Waals surface area (Å²) in [5.74, 6) is -1.63. The van der Waals surface area contributed by atoms with Crippen molar-refractivity contribution in [1.29, 1.82) is 0 Å². The zero-order chi connectivity index (χ0) is 10.7. The van der Waals surface area contributed by atoms with Crippen LogP contribution in [-0.4, -0.2) is 5.91 Å². The molecule has 0 bridgehead atoms. The molecule has 1 radical (unpaired) electrons. The maximum absolute atomic E-state index is 13.3. The Hall–Kier alpha value is -0.900. The van der Waals surface area contributed by atoms with Crippen molar-refractivity contribution in [1.82, 2.24) is 5.73 Å². The van der Waals surface area contributed by atoms with Gasteiger partial charge >= 0.3 is 0 Å². The molecule has 1 aromatic carbocycles. The largest absolute Gasteiger partial charge is 0.272 e. The van der Waals surface area contributed by atoms with E-state index in [0.717, 1.165) is 18.4 Å². The van der Waals surface area contributed by atoms with Crippen molar-refractivity contribution in [3.63, 3.8) is 0 Å². The first-order valence-corrected chi connectivity index (χ1v) is 5.09. The van der Waals surface area contributed by atoms with Gasteiger partial charge in [0.1, 0.15) is 5.82 Å². The second-order valence-corrected chi connectivity index (χ2v) is 3.87. The predicted octanol–water partition coefficient (Wildman–Crippen LogP) is 2.96. The van der Waals surface area contributed by atoms with Crippen LogP contribution in [0.3, 0.4) is 0 Å². The summed E-state index contributed by atoms with van der Waals surface area (Å²) in [6, 6.07) is 3.09. The number of aryl methyl sites for hydroxylation is 1. The number of halogens is 2. The van der Waals surface area contributed by atoms with Crippen molar-refractivity contribution in [2.24, 2.45) is 0 Å². The molecule has 75 valence electrons. The van der Waals surface area contributed by atoms with Gasteiger partial charge in [-0.25, -0.2) is 4.39 Å². The first kappa shape index (κ1) is 11.2. The van der Waals surface area contributed by atoms with Crippen molar-refractivity contribution in [3.8, 4) is 0 Å². The summed E-state index contributed by atoms with van der Waals surface area (Å²) in [5, 5.41) is 0. The summed E-state index contributed by atoms with van der Waals surface area (Å²) < 4.78 is 13.5. The van der Waals surface area contributed by atoms with Crippen LogP contribution in [0, 0.1) is 5.82 Å². The minimum atomic E-state index is -0.985. The van der Waals surface area contributed by atoms with Crippen LogP contribution in [0.25, 0.3) is 0 Å². The maximum Gasteiger partial charge on any atom is 0.272 e. The average Bonchev–Trinajstić information content (AvgIpc) is 2.11. The minimum Gasteiger partial charge on any atom is -0.267 e. The fraction of sp³-hybridized carbons (Fsp3) is 0.300. The number of hydrogen-bond acceptors (Lipinski definition) is 1. The third-order valence-corrected chi connectivity index (χ3v) is 2.45. The molecule has 0 aliphatic heterocycles. The van der Waals surface area contributed by atoms with Crippen molar-refractivity contribution in [2.75, 3.05) is 0 Å². The first-order valence-electron chi connectivity index (χ1n) is 4.30. The van der Waals surface area contributed by atoms with Crippen LogP contribution in [0.1, 0.15) is 29.3 Å². The monoisotopic (exact) mass is 258 g/mol. The van der Waals surface area contributed by atoms with Gasteiger partial charge in [-0.3, -0.25) is 10.5 Å². The zero-order valence-electron chi connectivity index (χ0n) is 7.73. The Morgan fingerprint density at radius 1 is 1.57 bits per heavy atom. The lowest BCUT2D eigenvalue weighted by molar-refractivity contribution is 0.0988. The minimum absolute atomic E-state index is 0.164. The Labute approximate surface area is 90.4 Å². The molecule has 0 saturated carbocycles. The number of benzene rings is 1. The molecule has 1 N–H and O–H groups in total. The van der Waals surface area contributed by atoms with Crippen LogP contribution < -0.4 is 5.73 Å². The summed E-state index contributed by atoms with van der Waals surface area (Å²) in [4.78, 5) is 10.8. The Bertz CT molecular complexity index is 365. The van der Waals surface area contributed by atoms with E-state index in [4.69, 9.17) is 5.73 Å². The molecule has 1 amide bonds. The molecule has 0 aromatic heterocycles. The molecule has 0 atom stereocenters. The van der Waals surface area contributed by atoms with E-state index in [1.54, 1.807) is 6.07 Å². The van der Waals surface area contributed by atoms with Gasteiger partial charge in [-0.05, 0) is 40.0 Å². The molecule has 1 rings (SSSR count). The van der Waals surface area contributed by atoms with Gasteiger partial charge in [0, 0.05) is 0 Å². The topological polar surface area (TPSA) is 40.9 Å². The summed E-state index contributed by atoms with van der Waals surface area (Å²) in [7, 11) is 0. The van der Waals surface area contributed by atoms with Crippen molar-refractivity contribution >= 4 is 21.8 Å². The first-order chi connectivity index (χ1) is 6.56. The van der Waals surface area contributed by atoms with E-state index in [1.165, 1.54) is 6.07 Å². The van der Waals surface area contributed by atoms with Gasteiger partial charge in [0.15, 0.2) is 0 Å². The highest BCUT2D eigenvalue weighted by Crippen LogP contribution is 2.22. The normalized spacial score (nSPS) is 10.2. The molecule has 0 aliphatic rings. The van der Waals surface area contributed by atoms with Crippen LogP contribution in [0.5, 0.6) is 0 Å². The van der Waals surface area contributed by atoms with Crippen molar-refractivity contribution in [2.45, 2.75) is 19.8 Å². The van der Waals surface area contributed by atoms with Crippen LogP contribution in [-0.2, 0) is 6.42 Å². The second kappa shape index (κ2) is 4.55. The number of hydrogen-bond donors (Lipinski definition) is 0. The Morgan fingerprint density at radius 3 is 2.71 bits per heavy atom. The third kappa shape index (κ3) is 2.32. The highest BCUT2D eigenvalue weighted by molar-refractivity contribution is 9.10. The van der Waals surface area contributed by atoms with Gasteiger partial charge in [-0.1, -0.05) is 13.3 Å². The summed E-state index contributed by atoms with van der Waals surface area (Å²) in [6.45, 7) is 2.00. The zero-order valence-corrected chi connectivity index (χ0v) is 9.32. The highest BCUT2D eigenvalue weighted by atomic mass is 79.9. The lowest BCUT2D eigenvalue weighted by Crippen LogP contribution is -2.04. The lowest BCUT2D eigenvalue weighted by Gasteiger charge is -2.04. The smallest absolute Gasteiger partial charge is 0.267 e. The Morgan fingerprint density at radius 2 is 2.21 bits per heavy atom. The lowest BCUT2D eigenvalue weighted by atomic mass is 10.1. The van der Waals surface area contributed by atoms with Crippen LogP contribution in [0.15, 0.2) is 16.6 Å². The summed E-state index contributed by atoms with van der Waals surface area (Å²) in [5.41, 5.74) is 7.59. The van der Waals surface area contributed by atoms with Crippen molar-refractivity contribution in [3.05, 3.63) is 33.5 Å². The third-order valence-electron chi connectivity index (χ3n) is 1.87. The van der Waals surface area contributed by atoms with E-state index in [-0.39, 0.29) is 10.0 Å². The molecule has 0 fully saturated rings. The van der Waals surface area contributed by atoms with E-state index >= 15 is 0 Å². The summed E-state index contributed by atoms with van der Waals surface area (Å²) in [6.07, 6.45) is 1.70. The fourth-order valence-electron chi connectivity index (χ4n) is 1.24. The summed E-state index contributed by atoms with van der Waals surface area (Å²) >= 11 is 3.02. The molecule has 14 heavy (non-hydrogen) atoms. The molecule has 0 unspecified atom stereocenters. The highest BCUT2D eigenvalue weighted by Gasteiger charge is 2.13.